The molecular formula is C13H13ClOS. The van der Waals surface area contributed by atoms with Gasteiger partial charge in [0.1, 0.15) is 0 Å². The lowest BCUT2D eigenvalue weighted by atomic mass is 10.1. The fourth-order valence-corrected chi connectivity index (χ4v) is 2.75. The molecule has 0 bridgehead atoms. The van der Waals surface area contributed by atoms with E-state index in [4.69, 9.17) is 11.6 Å². The molecule has 1 nitrogen and oxygen atoms in total. The summed E-state index contributed by atoms with van der Waals surface area (Å²) in [6.45, 7) is 4.18. The third-order valence-electron chi connectivity index (χ3n) is 2.62. The highest BCUT2D eigenvalue weighted by molar-refractivity contribution is 8.02. The monoisotopic (exact) mass is 252 g/mol. The zero-order chi connectivity index (χ0) is 11.7. The van der Waals surface area contributed by atoms with E-state index in [1.54, 1.807) is 6.07 Å². The second kappa shape index (κ2) is 4.64. The van der Waals surface area contributed by atoms with Crippen LogP contribution in [0.5, 0.6) is 0 Å². The lowest BCUT2D eigenvalue weighted by molar-refractivity contribution is 0.867. The molecule has 3 heteroatoms. The molecule has 0 aliphatic carbocycles. The van der Waals surface area contributed by atoms with Crippen LogP contribution in [-0.4, -0.2) is 0 Å². The Morgan fingerprint density at radius 2 is 2.12 bits per heavy atom. The Morgan fingerprint density at radius 3 is 2.81 bits per heavy atom. The predicted octanol–water partition coefficient (Wildman–Crippen LogP) is 3.90. The van der Waals surface area contributed by atoms with Crippen LogP contribution in [0.25, 0.3) is 0 Å². The summed E-state index contributed by atoms with van der Waals surface area (Å²) in [5.41, 5.74) is 2.22. The second-order valence-corrected chi connectivity index (χ2v) is 5.58. The molecule has 0 fully saturated rings. The number of hydrogen-bond acceptors (Lipinski definition) is 2. The third-order valence-corrected chi connectivity index (χ3v) is 4.09. The molecule has 1 aromatic carbocycles. The average molecular weight is 253 g/mol. The average Bonchev–Trinajstić information content (AvgIpc) is 2.38. The zero-order valence-electron chi connectivity index (χ0n) is 9.29. The van der Waals surface area contributed by atoms with E-state index in [9.17, 15) is 4.79 Å². The van der Waals surface area contributed by atoms with E-state index < -0.39 is 0 Å². The minimum Gasteiger partial charge on any atom is -0.289 e. The van der Waals surface area contributed by atoms with Gasteiger partial charge in [0.25, 0.3) is 0 Å². The van der Waals surface area contributed by atoms with Crippen molar-refractivity contribution < 1.29 is 0 Å². The number of allylic oxidation sites excluding steroid dienone is 1. The van der Waals surface area contributed by atoms with E-state index in [0.717, 1.165) is 21.1 Å². The maximum atomic E-state index is 12.0. The highest BCUT2D eigenvalue weighted by Crippen LogP contribution is 2.31. The van der Waals surface area contributed by atoms with Crippen molar-refractivity contribution in [2.75, 3.05) is 0 Å². The lowest BCUT2D eigenvalue weighted by Crippen LogP contribution is -2.05. The van der Waals surface area contributed by atoms with Gasteiger partial charge in [-0.05, 0) is 28.5 Å². The first-order chi connectivity index (χ1) is 7.58. The van der Waals surface area contributed by atoms with E-state index in [-0.39, 0.29) is 5.43 Å². The molecule has 1 heterocycles. The molecule has 0 aromatic heterocycles. The Kier molecular flexibility index (Phi) is 3.41. The van der Waals surface area contributed by atoms with Gasteiger partial charge >= 0.3 is 0 Å². The Morgan fingerprint density at radius 1 is 1.38 bits per heavy atom. The van der Waals surface area contributed by atoms with E-state index in [0.29, 0.717) is 12.3 Å². The molecular weight excluding hydrogens is 240 g/mol. The molecule has 0 spiro atoms. The largest absolute Gasteiger partial charge is 0.289 e. The molecule has 16 heavy (non-hydrogen) atoms. The molecule has 0 radical (unpaired) electrons. The fourth-order valence-electron chi connectivity index (χ4n) is 1.67. The number of hydrogen-bond donors (Lipinski definition) is 0. The number of fused-ring (bicyclic) bond motifs is 1. The summed E-state index contributed by atoms with van der Waals surface area (Å²) in [6.07, 6.45) is 0.672. The molecule has 0 unspecified atom stereocenters. The Labute approximate surface area is 105 Å². The topological polar surface area (TPSA) is 17.1 Å². The quantitative estimate of drug-likeness (QED) is 0.754. The van der Waals surface area contributed by atoms with E-state index in [1.165, 1.54) is 11.8 Å². The van der Waals surface area contributed by atoms with Gasteiger partial charge in [-0.25, -0.2) is 0 Å². The summed E-state index contributed by atoms with van der Waals surface area (Å²) in [6, 6.07) is 5.79. The normalized spacial score (nSPS) is 14.6. The van der Waals surface area contributed by atoms with Crippen molar-refractivity contribution >= 4 is 23.4 Å². The number of rotatable bonds is 1. The maximum Gasteiger partial charge on any atom is 0.193 e. The first-order valence-electron chi connectivity index (χ1n) is 5.26. The molecule has 0 saturated carbocycles. The van der Waals surface area contributed by atoms with Crippen molar-refractivity contribution in [2.24, 2.45) is 0 Å². The minimum absolute atomic E-state index is 0.106. The molecule has 0 atom stereocenters. The third kappa shape index (κ3) is 2.33. The summed E-state index contributed by atoms with van der Waals surface area (Å²) in [7, 11) is 0. The standard InChI is InChI=1S/C13H13ClOS/c1-8(2)9-3-4-10-5-11(14)7-16-13(10)12(15)6-9/h3-4,6-8H,5H2,1-2H3. The van der Waals surface area contributed by atoms with Crippen molar-refractivity contribution in [3.63, 3.8) is 0 Å². The highest BCUT2D eigenvalue weighted by Gasteiger charge is 2.13. The van der Waals surface area contributed by atoms with Crippen LogP contribution in [-0.2, 0) is 6.42 Å². The first-order valence-corrected chi connectivity index (χ1v) is 6.52. The van der Waals surface area contributed by atoms with Crippen LogP contribution in [0.1, 0.15) is 30.9 Å². The molecule has 84 valence electrons. The van der Waals surface area contributed by atoms with Crippen molar-refractivity contribution in [1.82, 2.24) is 0 Å². The SMILES string of the molecule is CC(C)c1ccc2c(c(=O)c1)SC=C(Cl)C2. The molecule has 1 aliphatic rings. The summed E-state index contributed by atoms with van der Waals surface area (Å²) in [5, 5.41) is 2.65. The van der Waals surface area contributed by atoms with Gasteiger partial charge in [-0.15, -0.1) is 0 Å². The Bertz CT molecular complexity index is 506. The summed E-state index contributed by atoms with van der Waals surface area (Å²) in [5.74, 6) is 0.370. The van der Waals surface area contributed by atoms with Crippen molar-refractivity contribution in [3.05, 3.63) is 50.0 Å². The Hall–Kier alpha value is -0.730. The van der Waals surface area contributed by atoms with Gasteiger partial charge in [0.05, 0.1) is 4.90 Å². The Balaban J connectivity index is 2.58. The predicted molar refractivity (Wildman–Crippen MR) is 70.3 cm³/mol. The van der Waals surface area contributed by atoms with Crippen molar-refractivity contribution in [3.8, 4) is 0 Å². The highest BCUT2D eigenvalue weighted by atomic mass is 35.5. The molecule has 1 aliphatic heterocycles. The van der Waals surface area contributed by atoms with Gasteiger partial charge in [-0.1, -0.05) is 49.3 Å². The van der Waals surface area contributed by atoms with Crippen molar-refractivity contribution in [1.29, 1.82) is 0 Å². The van der Waals surface area contributed by atoms with Crippen LogP contribution in [0.2, 0.25) is 0 Å². The molecule has 0 amide bonds. The molecule has 0 saturated heterocycles. The van der Waals surface area contributed by atoms with Crippen LogP contribution in [0, 0.1) is 0 Å². The van der Waals surface area contributed by atoms with Crippen LogP contribution in [0.3, 0.4) is 0 Å². The molecule has 2 rings (SSSR count). The fraction of sp³-hybridized carbons (Fsp3) is 0.308. The van der Waals surface area contributed by atoms with Gasteiger partial charge in [0.2, 0.25) is 0 Å². The summed E-state index contributed by atoms with van der Waals surface area (Å²) in [4.78, 5) is 12.8. The van der Waals surface area contributed by atoms with Crippen LogP contribution in [0.15, 0.2) is 38.3 Å². The summed E-state index contributed by atoms with van der Waals surface area (Å²) < 4.78 is 0. The minimum atomic E-state index is 0.106. The van der Waals surface area contributed by atoms with Gasteiger partial charge in [-0.3, -0.25) is 4.79 Å². The van der Waals surface area contributed by atoms with E-state index in [2.05, 4.69) is 13.8 Å². The maximum absolute atomic E-state index is 12.0. The second-order valence-electron chi connectivity index (χ2n) is 4.21. The van der Waals surface area contributed by atoms with Crippen LogP contribution >= 0.6 is 23.4 Å². The number of halogens is 1. The van der Waals surface area contributed by atoms with Gasteiger partial charge in [0.15, 0.2) is 5.43 Å². The van der Waals surface area contributed by atoms with E-state index >= 15 is 0 Å². The molecule has 0 N–H and O–H groups in total. The van der Waals surface area contributed by atoms with Gasteiger partial charge in [-0.2, -0.15) is 0 Å². The van der Waals surface area contributed by atoms with Gasteiger partial charge < -0.3 is 0 Å². The summed E-state index contributed by atoms with van der Waals surface area (Å²) >= 11 is 7.41. The van der Waals surface area contributed by atoms with Crippen LogP contribution in [0.4, 0.5) is 0 Å². The lowest BCUT2D eigenvalue weighted by Gasteiger charge is -2.08. The number of thioether (sulfide) groups is 1. The molecule has 1 aromatic rings. The smallest absolute Gasteiger partial charge is 0.193 e. The van der Waals surface area contributed by atoms with Crippen molar-refractivity contribution in [2.45, 2.75) is 31.1 Å². The first kappa shape index (κ1) is 11.7. The van der Waals surface area contributed by atoms with E-state index in [1.807, 2.05) is 17.5 Å². The van der Waals surface area contributed by atoms with Gasteiger partial charge in [0, 0.05) is 11.5 Å². The van der Waals surface area contributed by atoms with Crippen LogP contribution < -0.4 is 5.43 Å². The zero-order valence-corrected chi connectivity index (χ0v) is 10.9.